The molecule has 11 heteroatoms. The first-order chi connectivity index (χ1) is 13.5. The van der Waals surface area contributed by atoms with E-state index in [0.717, 1.165) is 12.1 Å². The van der Waals surface area contributed by atoms with E-state index >= 15 is 0 Å². The third-order valence-corrected chi connectivity index (χ3v) is 4.19. The molecule has 28 heavy (non-hydrogen) atoms. The number of aromatic nitrogens is 6. The molecule has 0 unspecified atom stereocenters. The zero-order valence-electron chi connectivity index (χ0n) is 14.4. The molecule has 0 atom stereocenters. The summed E-state index contributed by atoms with van der Waals surface area (Å²) in [4.78, 5) is 19.6. The van der Waals surface area contributed by atoms with E-state index in [2.05, 4.69) is 30.6 Å². The molecule has 4 aromatic rings. The molecule has 8 nitrogen and oxygen atoms in total. The Hall–Kier alpha value is -3.40. The van der Waals surface area contributed by atoms with Gasteiger partial charge in [0.05, 0.1) is 18.0 Å². The first kappa shape index (κ1) is 18.0. The average molecular weight is 404 g/mol. The second kappa shape index (κ2) is 6.97. The van der Waals surface area contributed by atoms with E-state index in [4.69, 9.17) is 11.6 Å². The molecule has 0 radical (unpaired) electrons. The van der Waals surface area contributed by atoms with Gasteiger partial charge in [0.1, 0.15) is 34.2 Å². The fourth-order valence-corrected chi connectivity index (χ4v) is 2.80. The Bertz CT molecular complexity index is 1180. The van der Waals surface area contributed by atoms with Crippen LogP contribution in [0, 0.1) is 11.6 Å². The maximum Gasteiger partial charge on any atom is 0.239 e. The highest BCUT2D eigenvalue weighted by Crippen LogP contribution is 2.30. The van der Waals surface area contributed by atoms with Crippen molar-refractivity contribution in [3.05, 3.63) is 42.4 Å². The van der Waals surface area contributed by atoms with E-state index in [0.29, 0.717) is 22.3 Å². The standard InChI is InChI=1S/C17H12ClF2N7O/c1-27-7-8(5-22-27)15-16-12(25-26-15)6-21-17(24-16)14-10(19)2-9(3-11(14)20)23-13(28)4-18/h2-3,5-7H,4H2,1H3,(H,23,28)(H,25,26). The van der Waals surface area contributed by atoms with Crippen molar-refractivity contribution in [2.45, 2.75) is 0 Å². The van der Waals surface area contributed by atoms with Crippen molar-refractivity contribution in [2.75, 3.05) is 11.2 Å². The van der Waals surface area contributed by atoms with Crippen LogP contribution >= 0.6 is 11.6 Å². The molecule has 0 fully saturated rings. The van der Waals surface area contributed by atoms with Gasteiger partial charge in [-0.05, 0) is 12.1 Å². The fraction of sp³-hybridized carbons (Fsp3) is 0.118. The predicted molar refractivity (Wildman–Crippen MR) is 98.6 cm³/mol. The molecule has 142 valence electrons. The topological polar surface area (TPSA) is 101 Å². The number of aromatic amines is 1. The van der Waals surface area contributed by atoms with E-state index in [1.165, 1.54) is 6.20 Å². The van der Waals surface area contributed by atoms with Gasteiger partial charge in [0, 0.05) is 24.5 Å². The van der Waals surface area contributed by atoms with Gasteiger partial charge in [0.15, 0.2) is 5.82 Å². The summed E-state index contributed by atoms with van der Waals surface area (Å²) in [5, 5.41) is 13.3. The summed E-state index contributed by atoms with van der Waals surface area (Å²) in [6.07, 6.45) is 4.74. The highest BCUT2D eigenvalue weighted by Gasteiger charge is 2.19. The van der Waals surface area contributed by atoms with Gasteiger partial charge in [-0.3, -0.25) is 14.6 Å². The summed E-state index contributed by atoms with van der Waals surface area (Å²) in [7, 11) is 1.76. The number of alkyl halides is 1. The molecule has 0 aliphatic rings. The highest BCUT2D eigenvalue weighted by atomic mass is 35.5. The van der Waals surface area contributed by atoms with Gasteiger partial charge in [0.25, 0.3) is 0 Å². The summed E-state index contributed by atoms with van der Waals surface area (Å²) in [5.41, 5.74) is 1.62. The monoisotopic (exact) mass is 403 g/mol. The van der Waals surface area contributed by atoms with Crippen LogP contribution in [0.4, 0.5) is 14.5 Å². The van der Waals surface area contributed by atoms with Gasteiger partial charge in [-0.1, -0.05) is 0 Å². The first-order valence-corrected chi connectivity index (χ1v) is 8.55. The van der Waals surface area contributed by atoms with Crippen LogP contribution in [0.5, 0.6) is 0 Å². The second-order valence-electron chi connectivity index (χ2n) is 5.93. The van der Waals surface area contributed by atoms with Crippen molar-refractivity contribution in [1.29, 1.82) is 0 Å². The largest absolute Gasteiger partial charge is 0.325 e. The van der Waals surface area contributed by atoms with Gasteiger partial charge in [-0.15, -0.1) is 11.6 Å². The summed E-state index contributed by atoms with van der Waals surface area (Å²) >= 11 is 5.39. The number of carbonyl (C=O) groups excluding carboxylic acids is 1. The molecule has 4 rings (SSSR count). The normalized spacial score (nSPS) is 11.1. The number of anilines is 1. The Balaban J connectivity index is 1.80. The SMILES string of the molecule is Cn1cc(-c2n[nH]c3cnc(-c4c(F)cc(NC(=O)CCl)cc4F)nc23)cn1. The van der Waals surface area contributed by atoms with Gasteiger partial charge in [0.2, 0.25) is 5.91 Å². The lowest BCUT2D eigenvalue weighted by Crippen LogP contribution is -2.13. The Morgan fingerprint density at radius 1 is 1.29 bits per heavy atom. The molecule has 0 bridgehead atoms. The molecule has 0 saturated carbocycles. The van der Waals surface area contributed by atoms with Crippen LogP contribution in [0.2, 0.25) is 0 Å². The zero-order valence-corrected chi connectivity index (χ0v) is 15.1. The lowest BCUT2D eigenvalue weighted by Gasteiger charge is -2.08. The molecular formula is C17H12ClF2N7O. The maximum atomic E-state index is 14.6. The van der Waals surface area contributed by atoms with Crippen molar-refractivity contribution < 1.29 is 13.6 Å². The van der Waals surface area contributed by atoms with Gasteiger partial charge in [-0.25, -0.2) is 18.7 Å². The fourth-order valence-electron chi connectivity index (χ4n) is 2.73. The van der Waals surface area contributed by atoms with Crippen molar-refractivity contribution in [3.63, 3.8) is 0 Å². The number of nitrogens with one attached hydrogen (secondary N) is 2. The van der Waals surface area contributed by atoms with Crippen LogP contribution in [0.3, 0.4) is 0 Å². The summed E-state index contributed by atoms with van der Waals surface area (Å²) in [6.45, 7) is 0. The molecule has 2 N–H and O–H groups in total. The second-order valence-corrected chi connectivity index (χ2v) is 6.19. The Morgan fingerprint density at radius 3 is 2.68 bits per heavy atom. The number of fused-ring (bicyclic) bond motifs is 1. The Labute approximate surface area is 161 Å². The maximum absolute atomic E-state index is 14.6. The number of hydrogen-bond acceptors (Lipinski definition) is 5. The molecule has 0 aliphatic carbocycles. The minimum Gasteiger partial charge on any atom is -0.325 e. The van der Waals surface area contributed by atoms with Gasteiger partial charge in [-0.2, -0.15) is 10.2 Å². The van der Waals surface area contributed by atoms with Crippen LogP contribution in [0.1, 0.15) is 0 Å². The minimum absolute atomic E-state index is 0.0511. The summed E-state index contributed by atoms with van der Waals surface area (Å²) in [6, 6.07) is 1.96. The third kappa shape index (κ3) is 3.18. The number of aryl methyl sites for hydroxylation is 1. The number of benzene rings is 1. The number of hydrogen-bond donors (Lipinski definition) is 2. The lowest BCUT2D eigenvalue weighted by atomic mass is 10.1. The van der Waals surface area contributed by atoms with Crippen molar-refractivity contribution >= 4 is 34.2 Å². The van der Waals surface area contributed by atoms with Crippen LogP contribution in [0.15, 0.2) is 30.7 Å². The number of rotatable bonds is 4. The van der Waals surface area contributed by atoms with E-state index in [1.54, 1.807) is 24.1 Å². The molecule has 3 aromatic heterocycles. The third-order valence-electron chi connectivity index (χ3n) is 3.95. The smallest absolute Gasteiger partial charge is 0.239 e. The van der Waals surface area contributed by atoms with E-state index in [-0.39, 0.29) is 17.4 Å². The molecule has 0 spiro atoms. The average Bonchev–Trinajstić information content (AvgIpc) is 3.26. The molecule has 0 saturated heterocycles. The lowest BCUT2D eigenvalue weighted by molar-refractivity contribution is -0.113. The number of amides is 1. The van der Waals surface area contributed by atoms with E-state index in [9.17, 15) is 13.6 Å². The first-order valence-electron chi connectivity index (χ1n) is 8.01. The predicted octanol–water partition coefficient (Wildman–Crippen LogP) is 2.88. The van der Waals surface area contributed by atoms with Crippen molar-refractivity contribution in [3.8, 4) is 22.6 Å². The molecule has 3 heterocycles. The molecular weight excluding hydrogens is 392 g/mol. The van der Waals surface area contributed by atoms with Crippen molar-refractivity contribution in [1.82, 2.24) is 29.9 Å². The minimum atomic E-state index is -0.921. The molecule has 1 amide bonds. The zero-order chi connectivity index (χ0) is 19.8. The van der Waals surface area contributed by atoms with Crippen molar-refractivity contribution in [2.24, 2.45) is 7.05 Å². The van der Waals surface area contributed by atoms with Gasteiger partial charge >= 0.3 is 0 Å². The summed E-state index contributed by atoms with van der Waals surface area (Å²) in [5.74, 6) is -2.90. The highest BCUT2D eigenvalue weighted by molar-refractivity contribution is 6.29. The number of halogens is 3. The van der Waals surface area contributed by atoms with Gasteiger partial charge < -0.3 is 5.32 Å². The van der Waals surface area contributed by atoms with Crippen LogP contribution < -0.4 is 5.32 Å². The Kier molecular flexibility index (Phi) is 4.47. The summed E-state index contributed by atoms with van der Waals surface area (Å²) < 4.78 is 30.7. The Morgan fingerprint density at radius 2 is 2.04 bits per heavy atom. The van der Waals surface area contributed by atoms with Crippen LogP contribution in [0.25, 0.3) is 33.7 Å². The quantitative estimate of drug-likeness (QED) is 0.510. The number of nitrogens with zero attached hydrogens (tertiary/aromatic N) is 5. The van der Waals surface area contributed by atoms with E-state index < -0.39 is 23.1 Å². The van der Waals surface area contributed by atoms with E-state index in [1.807, 2.05) is 0 Å². The van der Waals surface area contributed by atoms with Crippen LogP contribution in [-0.4, -0.2) is 41.7 Å². The van der Waals surface area contributed by atoms with Crippen LogP contribution in [-0.2, 0) is 11.8 Å². The molecule has 1 aromatic carbocycles. The number of H-pyrrole nitrogens is 1. The molecule has 0 aliphatic heterocycles. The number of carbonyl (C=O) groups is 1.